The van der Waals surface area contributed by atoms with Gasteiger partial charge in [-0.2, -0.15) is 0 Å². The second-order valence-electron chi connectivity index (χ2n) is 4.80. The number of hydrogen-bond acceptors (Lipinski definition) is 3. The summed E-state index contributed by atoms with van der Waals surface area (Å²) in [5.41, 5.74) is 1.01. The molecule has 0 atom stereocenters. The fourth-order valence-electron chi connectivity index (χ4n) is 1.92. The number of thiazole rings is 1. The molecule has 0 spiro atoms. The van der Waals surface area contributed by atoms with Crippen LogP contribution in [0.2, 0.25) is 0 Å². The van der Waals surface area contributed by atoms with Gasteiger partial charge in [-0.25, -0.2) is 9.37 Å². The highest BCUT2D eigenvalue weighted by molar-refractivity contribution is 14.0. The van der Waals surface area contributed by atoms with E-state index in [0.717, 1.165) is 35.9 Å². The van der Waals surface area contributed by atoms with Gasteiger partial charge in [-0.1, -0.05) is 19.1 Å². The number of halogens is 2. The molecule has 0 aliphatic carbocycles. The normalized spacial score (nSPS) is 11.0. The van der Waals surface area contributed by atoms with Crippen molar-refractivity contribution in [3.63, 3.8) is 0 Å². The van der Waals surface area contributed by atoms with Gasteiger partial charge in [0.2, 0.25) is 0 Å². The van der Waals surface area contributed by atoms with Crippen LogP contribution in [0.1, 0.15) is 22.4 Å². The van der Waals surface area contributed by atoms with E-state index in [1.54, 1.807) is 30.5 Å². The van der Waals surface area contributed by atoms with Crippen LogP contribution in [-0.2, 0) is 19.4 Å². The lowest BCUT2D eigenvalue weighted by Crippen LogP contribution is -2.37. The highest BCUT2D eigenvalue weighted by Gasteiger charge is 2.02. The van der Waals surface area contributed by atoms with Crippen molar-refractivity contribution in [1.29, 1.82) is 0 Å². The molecule has 7 heteroatoms. The van der Waals surface area contributed by atoms with Gasteiger partial charge in [-0.3, -0.25) is 4.99 Å². The van der Waals surface area contributed by atoms with Crippen molar-refractivity contribution in [2.24, 2.45) is 4.99 Å². The van der Waals surface area contributed by atoms with Crippen molar-refractivity contribution in [1.82, 2.24) is 15.6 Å². The Labute approximate surface area is 157 Å². The van der Waals surface area contributed by atoms with Crippen LogP contribution in [0.3, 0.4) is 0 Å². The first-order valence-corrected chi connectivity index (χ1v) is 8.15. The second kappa shape index (κ2) is 10.5. The molecule has 0 saturated heterocycles. The molecule has 0 saturated carbocycles. The highest BCUT2D eigenvalue weighted by atomic mass is 127. The molecule has 1 aromatic carbocycles. The molecular formula is C16H22FIN4S. The Morgan fingerprint density at radius 1 is 1.26 bits per heavy atom. The van der Waals surface area contributed by atoms with E-state index in [9.17, 15) is 4.39 Å². The van der Waals surface area contributed by atoms with E-state index in [0.29, 0.717) is 6.54 Å². The van der Waals surface area contributed by atoms with Crippen molar-refractivity contribution < 1.29 is 4.39 Å². The summed E-state index contributed by atoms with van der Waals surface area (Å²) in [7, 11) is 1.73. The van der Waals surface area contributed by atoms with Crippen molar-refractivity contribution in [2.75, 3.05) is 13.6 Å². The average Bonchev–Trinajstić information content (AvgIpc) is 3.00. The first-order valence-electron chi connectivity index (χ1n) is 7.33. The molecule has 23 heavy (non-hydrogen) atoms. The lowest BCUT2D eigenvalue weighted by Gasteiger charge is -2.11. The topological polar surface area (TPSA) is 49.3 Å². The largest absolute Gasteiger partial charge is 0.356 e. The zero-order valence-corrected chi connectivity index (χ0v) is 16.5. The minimum atomic E-state index is -0.221. The molecule has 126 valence electrons. The monoisotopic (exact) mass is 448 g/mol. The number of aliphatic imine (C=N–C) groups is 1. The molecule has 0 aliphatic rings. The van der Waals surface area contributed by atoms with E-state index in [2.05, 4.69) is 27.5 Å². The van der Waals surface area contributed by atoms with Crippen LogP contribution < -0.4 is 10.6 Å². The zero-order valence-electron chi connectivity index (χ0n) is 13.3. The molecule has 1 heterocycles. The molecule has 2 N–H and O–H groups in total. The smallest absolute Gasteiger partial charge is 0.191 e. The Bertz CT molecular complexity index is 613. The third-order valence-corrected chi connectivity index (χ3v) is 4.38. The predicted molar refractivity (Wildman–Crippen MR) is 105 cm³/mol. The van der Waals surface area contributed by atoms with Crippen LogP contribution in [-0.4, -0.2) is 24.5 Å². The van der Waals surface area contributed by atoms with Gasteiger partial charge in [0.1, 0.15) is 5.82 Å². The van der Waals surface area contributed by atoms with Gasteiger partial charge in [-0.15, -0.1) is 35.3 Å². The van der Waals surface area contributed by atoms with E-state index in [4.69, 9.17) is 0 Å². The molecule has 0 radical (unpaired) electrons. The van der Waals surface area contributed by atoms with Crippen LogP contribution >= 0.6 is 35.3 Å². The van der Waals surface area contributed by atoms with Crippen molar-refractivity contribution >= 4 is 41.3 Å². The lowest BCUT2D eigenvalue weighted by molar-refractivity contribution is 0.626. The maximum atomic E-state index is 12.8. The number of nitrogens with one attached hydrogen (secondary N) is 2. The third kappa shape index (κ3) is 6.82. The number of nitrogens with zero attached hydrogens (tertiary/aromatic N) is 2. The van der Waals surface area contributed by atoms with Crippen LogP contribution in [0.5, 0.6) is 0 Å². The lowest BCUT2D eigenvalue weighted by atomic mass is 10.2. The van der Waals surface area contributed by atoms with Crippen LogP contribution in [0.15, 0.2) is 35.5 Å². The highest BCUT2D eigenvalue weighted by Crippen LogP contribution is 2.13. The number of guanidine groups is 1. The summed E-state index contributed by atoms with van der Waals surface area (Å²) >= 11 is 1.76. The summed E-state index contributed by atoms with van der Waals surface area (Å²) < 4.78 is 12.8. The SMILES string of the molecule is CCc1cnc(CCNC(=NC)NCc2ccc(F)cc2)s1.I. The summed E-state index contributed by atoms with van der Waals surface area (Å²) in [6.45, 7) is 3.52. The Balaban J connectivity index is 0.00000264. The Morgan fingerprint density at radius 2 is 2.00 bits per heavy atom. The van der Waals surface area contributed by atoms with Crippen LogP contribution in [0.25, 0.3) is 0 Å². The van der Waals surface area contributed by atoms with E-state index in [1.165, 1.54) is 17.0 Å². The molecule has 2 rings (SSSR count). The van der Waals surface area contributed by atoms with Crippen molar-refractivity contribution in [2.45, 2.75) is 26.3 Å². The van der Waals surface area contributed by atoms with E-state index in [-0.39, 0.29) is 29.8 Å². The van der Waals surface area contributed by atoms with Crippen LogP contribution in [0, 0.1) is 5.82 Å². The summed E-state index contributed by atoms with van der Waals surface area (Å²) in [6.07, 6.45) is 3.86. The van der Waals surface area contributed by atoms with Gasteiger partial charge < -0.3 is 10.6 Å². The minimum absolute atomic E-state index is 0. The van der Waals surface area contributed by atoms with Crippen molar-refractivity contribution in [3.05, 3.63) is 51.7 Å². The van der Waals surface area contributed by atoms with Gasteiger partial charge >= 0.3 is 0 Å². The van der Waals surface area contributed by atoms with Crippen molar-refractivity contribution in [3.8, 4) is 0 Å². The first kappa shape index (κ1) is 19.8. The number of hydrogen-bond donors (Lipinski definition) is 2. The molecule has 0 fully saturated rings. The maximum absolute atomic E-state index is 12.8. The number of rotatable bonds is 6. The summed E-state index contributed by atoms with van der Waals surface area (Å²) in [5, 5.41) is 7.60. The Morgan fingerprint density at radius 3 is 2.61 bits per heavy atom. The van der Waals surface area contributed by atoms with Gasteiger partial charge in [0.15, 0.2) is 5.96 Å². The average molecular weight is 448 g/mol. The number of benzene rings is 1. The van der Waals surface area contributed by atoms with E-state index < -0.39 is 0 Å². The van der Waals surface area contributed by atoms with Gasteiger partial charge in [0, 0.05) is 37.6 Å². The molecular weight excluding hydrogens is 426 g/mol. The molecule has 0 aliphatic heterocycles. The first-order chi connectivity index (χ1) is 10.7. The maximum Gasteiger partial charge on any atom is 0.191 e. The molecule has 2 aromatic rings. The molecule has 0 amide bonds. The molecule has 1 aromatic heterocycles. The Hall–Kier alpha value is -1.22. The summed E-state index contributed by atoms with van der Waals surface area (Å²) in [5.74, 6) is 0.512. The summed E-state index contributed by atoms with van der Waals surface area (Å²) in [6, 6.07) is 6.44. The Kier molecular flexibility index (Phi) is 9.08. The van der Waals surface area contributed by atoms with Gasteiger partial charge in [0.25, 0.3) is 0 Å². The van der Waals surface area contributed by atoms with Crippen LogP contribution in [0.4, 0.5) is 4.39 Å². The molecule has 0 bridgehead atoms. The van der Waals surface area contributed by atoms with Gasteiger partial charge in [-0.05, 0) is 24.1 Å². The summed E-state index contributed by atoms with van der Waals surface area (Å²) in [4.78, 5) is 9.88. The number of aromatic nitrogens is 1. The second-order valence-corrected chi connectivity index (χ2v) is 6.00. The molecule has 4 nitrogen and oxygen atoms in total. The fourth-order valence-corrected chi connectivity index (χ4v) is 2.79. The predicted octanol–water partition coefficient (Wildman–Crippen LogP) is 3.37. The van der Waals surface area contributed by atoms with E-state index in [1.807, 2.05) is 6.20 Å². The van der Waals surface area contributed by atoms with Gasteiger partial charge in [0.05, 0.1) is 5.01 Å². The quantitative estimate of drug-likeness (QED) is 0.405. The van der Waals surface area contributed by atoms with E-state index >= 15 is 0 Å². The zero-order chi connectivity index (χ0) is 15.8. The molecule has 0 unspecified atom stereocenters. The minimum Gasteiger partial charge on any atom is -0.356 e. The standard InChI is InChI=1S/C16H21FN4S.HI/c1-3-14-11-20-15(22-14)8-9-19-16(18-2)21-10-12-4-6-13(17)7-5-12;/h4-7,11H,3,8-10H2,1-2H3,(H2,18,19,21);1H. The number of aryl methyl sites for hydroxylation is 1. The fraction of sp³-hybridized carbons (Fsp3) is 0.375. The third-order valence-electron chi connectivity index (χ3n) is 3.18.